The molecule has 0 heterocycles. The fraction of sp³-hybridized carbons (Fsp3) is 0.462. The molecule has 0 radical (unpaired) electrons. The summed E-state index contributed by atoms with van der Waals surface area (Å²) in [6.45, 7) is 9.88. The number of amides is 1. The molecule has 2 heteroatoms. The summed E-state index contributed by atoms with van der Waals surface area (Å²) in [7, 11) is 0. The summed E-state index contributed by atoms with van der Waals surface area (Å²) in [5, 5.41) is 2.85. The van der Waals surface area contributed by atoms with Gasteiger partial charge in [-0.1, -0.05) is 38.5 Å². The third kappa shape index (κ3) is 4.63. The number of carbonyl (C=O) groups excluding carboxylic acids is 1. The molecule has 0 atom stereocenters. The first-order valence-corrected chi connectivity index (χ1v) is 5.50. The van der Waals surface area contributed by atoms with Crippen LogP contribution in [0.1, 0.15) is 38.3 Å². The van der Waals surface area contributed by atoms with E-state index in [2.05, 4.69) is 11.4 Å². The van der Waals surface area contributed by atoms with E-state index in [0.29, 0.717) is 6.42 Å². The molecule has 1 aromatic carbocycles. The normalized spacial score (nSPS) is 8.87. The summed E-state index contributed by atoms with van der Waals surface area (Å²) in [4.78, 5) is 11.1. The van der Waals surface area contributed by atoms with Crippen LogP contribution in [0, 0.1) is 13.8 Å². The van der Waals surface area contributed by atoms with Gasteiger partial charge in [-0.3, -0.25) is 4.79 Å². The fourth-order valence-electron chi connectivity index (χ4n) is 1.19. The van der Waals surface area contributed by atoms with Gasteiger partial charge in [0, 0.05) is 12.1 Å². The Balaban J connectivity index is 0.000000921. The SMILES string of the molecule is CC.CCC(=O)Nc1ccc(C)cc1C. The monoisotopic (exact) mass is 207 g/mol. The van der Waals surface area contributed by atoms with Crippen molar-refractivity contribution in [2.45, 2.75) is 41.0 Å². The third-order valence-corrected chi connectivity index (χ3v) is 1.98. The predicted octanol–water partition coefficient (Wildman–Crippen LogP) is 3.68. The zero-order valence-electron chi connectivity index (χ0n) is 10.3. The third-order valence-electron chi connectivity index (χ3n) is 1.98. The van der Waals surface area contributed by atoms with Crippen LogP contribution in [0.3, 0.4) is 0 Å². The minimum atomic E-state index is 0.0620. The second-order valence-corrected chi connectivity index (χ2v) is 3.22. The van der Waals surface area contributed by atoms with Gasteiger partial charge in [-0.2, -0.15) is 0 Å². The van der Waals surface area contributed by atoms with Gasteiger partial charge in [0.2, 0.25) is 5.91 Å². The highest BCUT2D eigenvalue weighted by molar-refractivity contribution is 5.91. The maximum absolute atomic E-state index is 11.1. The maximum atomic E-state index is 11.1. The average molecular weight is 207 g/mol. The van der Waals surface area contributed by atoms with E-state index in [-0.39, 0.29) is 5.91 Å². The van der Waals surface area contributed by atoms with Crippen molar-refractivity contribution in [3.8, 4) is 0 Å². The average Bonchev–Trinajstić information content (AvgIpc) is 2.25. The largest absolute Gasteiger partial charge is 0.326 e. The standard InChI is InChI=1S/C11H15NO.C2H6/c1-4-11(13)12-10-6-5-8(2)7-9(10)3;1-2/h5-7H,4H2,1-3H3,(H,12,13);1-2H3. The molecule has 84 valence electrons. The van der Waals surface area contributed by atoms with Gasteiger partial charge >= 0.3 is 0 Å². The van der Waals surface area contributed by atoms with Crippen LogP contribution in [-0.2, 0) is 4.79 Å². The van der Waals surface area contributed by atoms with Crippen LogP contribution in [-0.4, -0.2) is 5.91 Å². The quantitative estimate of drug-likeness (QED) is 0.787. The van der Waals surface area contributed by atoms with Crippen molar-refractivity contribution in [1.82, 2.24) is 0 Å². The van der Waals surface area contributed by atoms with Gasteiger partial charge in [0.25, 0.3) is 0 Å². The van der Waals surface area contributed by atoms with Crippen LogP contribution in [0.15, 0.2) is 18.2 Å². The Bertz CT molecular complexity index is 318. The second kappa shape index (κ2) is 7.04. The number of hydrogen-bond acceptors (Lipinski definition) is 1. The molecule has 1 rings (SSSR count). The van der Waals surface area contributed by atoms with Gasteiger partial charge in [0.05, 0.1) is 0 Å². The smallest absolute Gasteiger partial charge is 0.224 e. The molecule has 0 saturated heterocycles. The topological polar surface area (TPSA) is 29.1 Å². The number of anilines is 1. The van der Waals surface area contributed by atoms with Crippen molar-refractivity contribution in [1.29, 1.82) is 0 Å². The van der Waals surface area contributed by atoms with Gasteiger partial charge < -0.3 is 5.32 Å². The molecule has 1 N–H and O–H groups in total. The minimum Gasteiger partial charge on any atom is -0.326 e. The molecule has 0 aliphatic carbocycles. The number of hydrogen-bond donors (Lipinski definition) is 1. The van der Waals surface area contributed by atoms with Crippen LogP contribution >= 0.6 is 0 Å². The van der Waals surface area contributed by atoms with E-state index >= 15 is 0 Å². The van der Waals surface area contributed by atoms with Crippen molar-refractivity contribution in [3.05, 3.63) is 29.3 Å². The molecule has 1 amide bonds. The molecule has 0 aliphatic heterocycles. The molecule has 0 spiro atoms. The van der Waals surface area contributed by atoms with E-state index in [1.165, 1.54) is 5.56 Å². The van der Waals surface area contributed by atoms with E-state index in [1.807, 2.05) is 46.8 Å². The Morgan fingerprint density at radius 3 is 2.33 bits per heavy atom. The summed E-state index contributed by atoms with van der Waals surface area (Å²) in [5.74, 6) is 0.0620. The Labute approximate surface area is 92.7 Å². The van der Waals surface area contributed by atoms with Gasteiger partial charge in [0.1, 0.15) is 0 Å². The summed E-state index contributed by atoms with van der Waals surface area (Å²) >= 11 is 0. The van der Waals surface area contributed by atoms with Gasteiger partial charge in [0.15, 0.2) is 0 Å². The van der Waals surface area contributed by atoms with Crippen LogP contribution in [0.25, 0.3) is 0 Å². The highest BCUT2D eigenvalue weighted by Gasteiger charge is 2.01. The molecule has 0 unspecified atom stereocenters. The molecule has 1 aromatic rings. The number of rotatable bonds is 2. The number of aryl methyl sites for hydroxylation is 2. The number of carbonyl (C=O) groups is 1. The lowest BCUT2D eigenvalue weighted by atomic mass is 10.1. The highest BCUT2D eigenvalue weighted by Crippen LogP contribution is 2.15. The molecule has 0 bridgehead atoms. The summed E-state index contributed by atoms with van der Waals surface area (Å²) in [6.07, 6.45) is 0.521. The van der Waals surface area contributed by atoms with Crippen LogP contribution in [0.4, 0.5) is 5.69 Å². The zero-order chi connectivity index (χ0) is 11.8. The van der Waals surface area contributed by atoms with Crippen molar-refractivity contribution < 1.29 is 4.79 Å². The van der Waals surface area contributed by atoms with Crippen LogP contribution < -0.4 is 5.32 Å². The van der Waals surface area contributed by atoms with Crippen molar-refractivity contribution >= 4 is 11.6 Å². The summed E-state index contributed by atoms with van der Waals surface area (Å²) in [5.41, 5.74) is 3.24. The van der Waals surface area contributed by atoms with Crippen molar-refractivity contribution in [2.75, 3.05) is 5.32 Å². The fourth-order valence-corrected chi connectivity index (χ4v) is 1.19. The van der Waals surface area contributed by atoms with E-state index in [4.69, 9.17) is 0 Å². The zero-order valence-corrected chi connectivity index (χ0v) is 10.3. The first-order chi connectivity index (χ1) is 7.13. The Morgan fingerprint density at radius 2 is 1.87 bits per heavy atom. The van der Waals surface area contributed by atoms with Gasteiger partial charge in [-0.05, 0) is 25.5 Å². The van der Waals surface area contributed by atoms with E-state index in [1.54, 1.807) is 0 Å². The first-order valence-electron chi connectivity index (χ1n) is 5.50. The summed E-state index contributed by atoms with van der Waals surface area (Å²) in [6, 6.07) is 6.00. The van der Waals surface area contributed by atoms with Crippen LogP contribution in [0.5, 0.6) is 0 Å². The molecule has 2 nitrogen and oxygen atoms in total. The Kier molecular flexibility index (Phi) is 6.43. The molecule has 15 heavy (non-hydrogen) atoms. The lowest BCUT2D eigenvalue weighted by Crippen LogP contribution is -2.10. The van der Waals surface area contributed by atoms with E-state index < -0.39 is 0 Å². The lowest BCUT2D eigenvalue weighted by molar-refractivity contribution is -0.115. The highest BCUT2D eigenvalue weighted by atomic mass is 16.1. The van der Waals surface area contributed by atoms with Gasteiger partial charge in [-0.15, -0.1) is 0 Å². The van der Waals surface area contributed by atoms with E-state index in [9.17, 15) is 4.79 Å². The van der Waals surface area contributed by atoms with E-state index in [0.717, 1.165) is 11.3 Å². The molecular formula is C13H21NO. The van der Waals surface area contributed by atoms with Crippen LogP contribution in [0.2, 0.25) is 0 Å². The Morgan fingerprint density at radius 1 is 1.27 bits per heavy atom. The lowest BCUT2D eigenvalue weighted by Gasteiger charge is -2.07. The Hall–Kier alpha value is -1.31. The minimum absolute atomic E-state index is 0.0620. The van der Waals surface area contributed by atoms with Gasteiger partial charge in [-0.25, -0.2) is 0 Å². The first kappa shape index (κ1) is 13.7. The summed E-state index contributed by atoms with van der Waals surface area (Å²) < 4.78 is 0. The van der Waals surface area contributed by atoms with Crippen molar-refractivity contribution in [3.63, 3.8) is 0 Å². The molecular weight excluding hydrogens is 186 g/mol. The number of benzene rings is 1. The predicted molar refractivity (Wildman–Crippen MR) is 66.2 cm³/mol. The van der Waals surface area contributed by atoms with Crippen molar-refractivity contribution in [2.24, 2.45) is 0 Å². The molecule has 0 aliphatic rings. The molecule has 0 aromatic heterocycles. The molecule has 0 saturated carbocycles. The second-order valence-electron chi connectivity index (χ2n) is 3.22. The molecule has 0 fully saturated rings. The number of nitrogens with one attached hydrogen (secondary N) is 1. The maximum Gasteiger partial charge on any atom is 0.224 e.